The molecule has 1 aliphatic carbocycles. The largest absolute Gasteiger partial charge is 0.305 e. The van der Waals surface area contributed by atoms with E-state index in [-0.39, 0.29) is 17.5 Å². The molecular weight excluding hydrogens is 318 g/mol. The van der Waals surface area contributed by atoms with Crippen molar-refractivity contribution in [3.05, 3.63) is 64.2 Å². The minimum Gasteiger partial charge on any atom is -0.305 e. The maximum Gasteiger partial charge on any atom is 0.269 e. The SMILES string of the molecule is O=C1C2CCCC2=Nc2ccccc2N1Cc1cccc([N+](=O)[O-])c1. The number of para-hydroxylation sites is 2. The standard InChI is InChI=1S/C19H17N3O3/c23-19-15-7-4-9-16(15)20-17-8-1-2-10-18(17)21(19)12-13-5-3-6-14(11-13)22(24)25/h1-3,5-6,8,10-11,15H,4,7,9,12H2. The number of fused-ring (bicyclic) bond motifs is 2. The molecule has 0 radical (unpaired) electrons. The predicted molar refractivity (Wildman–Crippen MR) is 95.2 cm³/mol. The minimum absolute atomic E-state index is 0.0332. The molecule has 2 aromatic carbocycles. The van der Waals surface area contributed by atoms with Gasteiger partial charge in [0.25, 0.3) is 5.69 Å². The number of anilines is 1. The van der Waals surface area contributed by atoms with E-state index in [9.17, 15) is 14.9 Å². The predicted octanol–water partition coefficient (Wildman–Crippen LogP) is 4.01. The van der Waals surface area contributed by atoms with E-state index >= 15 is 0 Å². The topological polar surface area (TPSA) is 75.8 Å². The first-order valence-electron chi connectivity index (χ1n) is 8.34. The molecule has 2 aromatic rings. The van der Waals surface area contributed by atoms with Gasteiger partial charge in [-0.1, -0.05) is 24.3 Å². The summed E-state index contributed by atoms with van der Waals surface area (Å²) in [6, 6.07) is 14.0. The fourth-order valence-corrected chi connectivity index (χ4v) is 3.59. The van der Waals surface area contributed by atoms with Crippen molar-refractivity contribution < 1.29 is 9.72 Å². The first-order valence-corrected chi connectivity index (χ1v) is 8.34. The van der Waals surface area contributed by atoms with Crippen LogP contribution in [0.4, 0.5) is 17.1 Å². The van der Waals surface area contributed by atoms with E-state index in [4.69, 9.17) is 4.99 Å². The van der Waals surface area contributed by atoms with Crippen LogP contribution in [0.15, 0.2) is 53.5 Å². The molecule has 6 nitrogen and oxygen atoms in total. The highest BCUT2D eigenvalue weighted by molar-refractivity contribution is 6.14. The molecule has 0 aromatic heterocycles. The number of nitro benzene ring substituents is 1. The Labute approximate surface area is 145 Å². The van der Waals surface area contributed by atoms with Crippen molar-refractivity contribution >= 4 is 28.7 Å². The van der Waals surface area contributed by atoms with Gasteiger partial charge in [-0.3, -0.25) is 19.9 Å². The lowest BCUT2D eigenvalue weighted by atomic mass is 10.0. The van der Waals surface area contributed by atoms with Crippen LogP contribution in [-0.2, 0) is 11.3 Å². The molecule has 0 N–H and O–H groups in total. The van der Waals surface area contributed by atoms with Gasteiger partial charge in [-0.2, -0.15) is 0 Å². The summed E-state index contributed by atoms with van der Waals surface area (Å²) < 4.78 is 0. The zero-order valence-electron chi connectivity index (χ0n) is 13.6. The molecular formula is C19H17N3O3. The van der Waals surface area contributed by atoms with Gasteiger partial charge in [0.2, 0.25) is 5.91 Å². The Kier molecular flexibility index (Phi) is 3.80. The molecule has 0 bridgehead atoms. The lowest BCUT2D eigenvalue weighted by Crippen LogP contribution is -2.36. The highest BCUT2D eigenvalue weighted by Crippen LogP contribution is 2.38. The van der Waals surface area contributed by atoms with Crippen LogP contribution >= 0.6 is 0 Å². The quantitative estimate of drug-likeness (QED) is 0.628. The summed E-state index contributed by atoms with van der Waals surface area (Å²) in [4.78, 5) is 30.2. The van der Waals surface area contributed by atoms with Crippen LogP contribution in [0.3, 0.4) is 0 Å². The summed E-state index contributed by atoms with van der Waals surface area (Å²) >= 11 is 0. The summed E-state index contributed by atoms with van der Waals surface area (Å²) in [6.07, 6.45) is 2.65. The van der Waals surface area contributed by atoms with Crippen molar-refractivity contribution in [3.8, 4) is 0 Å². The molecule has 6 heteroatoms. The van der Waals surface area contributed by atoms with E-state index in [1.54, 1.807) is 11.0 Å². The van der Waals surface area contributed by atoms with Gasteiger partial charge >= 0.3 is 0 Å². The molecule has 1 fully saturated rings. The second kappa shape index (κ2) is 6.12. The van der Waals surface area contributed by atoms with Gasteiger partial charge in [-0.05, 0) is 37.0 Å². The van der Waals surface area contributed by atoms with Gasteiger partial charge in [-0.25, -0.2) is 0 Å². The highest BCUT2D eigenvalue weighted by Gasteiger charge is 2.36. The van der Waals surface area contributed by atoms with Gasteiger partial charge in [0.1, 0.15) is 0 Å². The lowest BCUT2D eigenvalue weighted by molar-refractivity contribution is -0.384. The average Bonchev–Trinajstić information content (AvgIpc) is 3.04. The smallest absolute Gasteiger partial charge is 0.269 e. The van der Waals surface area contributed by atoms with E-state index in [2.05, 4.69) is 0 Å². The molecule has 1 unspecified atom stereocenters. The third-order valence-electron chi connectivity index (χ3n) is 4.79. The number of benzene rings is 2. The second-order valence-corrected chi connectivity index (χ2v) is 6.39. The molecule has 0 spiro atoms. The first-order chi connectivity index (χ1) is 12.1. The van der Waals surface area contributed by atoms with E-state index < -0.39 is 4.92 Å². The number of amides is 1. The molecule has 126 valence electrons. The summed E-state index contributed by atoms with van der Waals surface area (Å²) in [7, 11) is 0. The Morgan fingerprint density at radius 3 is 2.88 bits per heavy atom. The van der Waals surface area contributed by atoms with Crippen molar-refractivity contribution in [3.63, 3.8) is 0 Å². The molecule has 4 rings (SSSR count). The molecule has 25 heavy (non-hydrogen) atoms. The summed E-state index contributed by atoms with van der Waals surface area (Å²) in [5.41, 5.74) is 3.28. The van der Waals surface area contributed by atoms with Crippen LogP contribution in [0.2, 0.25) is 0 Å². The van der Waals surface area contributed by atoms with E-state index in [0.29, 0.717) is 6.54 Å². The van der Waals surface area contributed by atoms with Gasteiger partial charge in [0, 0.05) is 17.8 Å². The zero-order chi connectivity index (χ0) is 17.4. The second-order valence-electron chi connectivity index (χ2n) is 6.39. The normalized spacial score (nSPS) is 19.0. The van der Waals surface area contributed by atoms with Gasteiger partial charge in [0.05, 0.1) is 28.8 Å². The van der Waals surface area contributed by atoms with Gasteiger partial charge in [-0.15, -0.1) is 0 Å². The van der Waals surface area contributed by atoms with Gasteiger partial charge < -0.3 is 4.90 Å². The Morgan fingerprint density at radius 1 is 1.20 bits per heavy atom. The van der Waals surface area contributed by atoms with Crippen LogP contribution in [-0.4, -0.2) is 16.5 Å². The first kappa shape index (κ1) is 15.5. The number of nitro groups is 1. The van der Waals surface area contributed by atoms with E-state index in [0.717, 1.165) is 41.9 Å². The minimum atomic E-state index is -0.417. The van der Waals surface area contributed by atoms with Crippen LogP contribution in [0, 0.1) is 16.0 Å². The molecule has 1 aliphatic heterocycles. The number of carbonyl (C=O) groups excluding carboxylic acids is 1. The molecule has 2 aliphatic rings. The monoisotopic (exact) mass is 335 g/mol. The fraction of sp³-hybridized carbons (Fsp3) is 0.263. The Hall–Kier alpha value is -3.02. The Morgan fingerprint density at radius 2 is 2.04 bits per heavy atom. The molecule has 1 atom stereocenters. The Bertz CT molecular complexity index is 891. The van der Waals surface area contributed by atoms with E-state index in [1.807, 2.05) is 30.3 Å². The number of rotatable bonds is 3. The molecule has 1 amide bonds. The summed E-state index contributed by atoms with van der Waals surface area (Å²) in [5, 5.41) is 11.0. The third kappa shape index (κ3) is 2.80. The van der Waals surface area contributed by atoms with Crippen molar-refractivity contribution in [2.45, 2.75) is 25.8 Å². The van der Waals surface area contributed by atoms with Crippen molar-refractivity contribution in [1.82, 2.24) is 0 Å². The summed E-state index contributed by atoms with van der Waals surface area (Å²) in [5.74, 6) is -0.140. The van der Waals surface area contributed by atoms with E-state index in [1.165, 1.54) is 12.1 Å². The third-order valence-corrected chi connectivity index (χ3v) is 4.79. The highest BCUT2D eigenvalue weighted by atomic mass is 16.6. The molecule has 1 heterocycles. The maximum atomic E-state index is 13.1. The van der Waals surface area contributed by atoms with Crippen molar-refractivity contribution in [2.24, 2.45) is 10.9 Å². The number of non-ortho nitro benzene ring substituents is 1. The van der Waals surface area contributed by atoms with Crippen molar-refractivity contribution in [2.75, 3.05) is 4.90 Å². The number of nitrogens with zero attached hydrogens (tertiary/aromatic N) is 3. The number of carbonyl (C=O) groups is 1. The number of hydrogen-bond acceptors (Lipinski definition) is 4. The average molecular weight is 335 g/mol. The van der Waals surface area contributed by atoms with Gasteiger partial charge in [0.15, 0.2) is 0 Å². The van der Waals surface area contributed by atoms with Crippen LogP contribution in [0.25, 0.3) is 0 Å². The number of aliphatic imine (C=N–C) groups is 1. The molecule has 1 saturated carbocycles. The Balaban J connectivity index is 1.75. The lowest BCUT2D eigenvalue weighted by Gasteiger charge is -2.24. The van der Waals surface area contributed by atoms with Crippen LogP contribution < -0.4 is 4.90 Å². The number of hydrogen-bond donors (Lipinski definition) is 0. The van der Waals surface area contributed by atoms with Crippen molar-refractivity contribution in [1.29, 1.82) is 0 Å². The van der Waals surface area contributed by atoms with Crippen LogP contribution in [0.1, 0.15) is 24.8 Å². The fourth-order valence-electron chi connectivity index (χ4n) is 3.59. The maximum absolute atomic E-state index is 13.1. The molecule has 0 saturated heterocycles. The zero-order valence-corrected chi connectivity index (χ0v) is 13.6. The summed E-state index contributed by atoms with van der Waals surface area (Å²) in [6.45, 7) is 0.302. The van der Waals surface area contributed by atoms with Crippen LogP contribution in [0.5, 0.6) is 0 Å².